The first-order chi connectivity index (χ1) is 3.41. The van der Waals surface area contributed by atoms with Crippen LogP contribution in [0.4, 0.5) is 0 Å². The second-order valence-electron chi connectivity index (χ2n) is 1.50. The smallest absolute Gasteiger partial charge is 0.128 e. The van der Waals surface area contributed by atoms with Crippen LogP contribution < -0.4 is 5.32 Å². The van der Waals surface area contributed by atoms with Crippen molar-refractivity contribution in [2.45, 2.75) is 20.2 Å². The lowest BCUT2D eigenvalue weighted by atomic mass is 9.76. The van der Waals surface area contributed by atoms with Crippen LogP contribution in [0.1, 0.15) is 13.8 Å². The van der Waals surface area contributed by atoms with Crippen molar-refractivity contribution in [3.05, 3.63) is 0 Å². The third-order valence-electron chi connectivity index (χ3n) is 0.827. The Labute approximate surface area is 46.7 Å². The zero-order valence-electron chi connectivity index (χ0n) is 5.20. The number of nitrogens with one attached hydrogen (secondary N) is 1. The molecule has 2 heteroatoms. The monoisotopic (exact) mass is 98.1 g/mol. The van der Waals surface area contributed by atoms with Crippen molar-refractivity contribution in [1.82, 2.24) is 5.32 Å². The van der Waals surface area contributed by atoms with Gasteiger partial charge in [-0.2, -0.15) is 0 Å². The van der Waals surface area contributed by atoms with E-state index in [0.717, 1.165) is 13.0 Å². The summed E-state index contributed by atoms with van der Waals surface area (Å²) in [5, 5.41) is 3.19. The molecule has 0 amide bonds. The fourth-order valence-electron chi connectivity index (χ4n) is 0.391. The standard InChI is InChI=1S/C5H13BN/c1-3-6-5-7-4-2/h7H,3-5H2,1-2H3. The Bertz CT molecular complexity index is 27.3. The highest BCUT2D eigenvalue weighted by atomic mass is 14.8. The minimum atomic E-state index is 1.06. The van der Waals surface area contributed by atoms with Gasteiger partial charge in [0, 0.05) is 0 Å². The number of hydrogen-bond acceptors (Lipinski definition) is 1. The van der Waals surface area contributed by atoms with Gasteiger partial charge in [0.2, 0.25) is 0 Å². The molecule has 0 aliphatic rings. The quantitative estimate of drug-likeness (QED) is 0.403. The van der Waals surface area contributed by atoms with Crippen LogP contribution >= 0.6 is 0 Å². The van der Waals surface area contributed by atoms with Crippen LogP contribution in [0, 0.1) is 0 Å². The predicted octanol–water partition coefficient (Wildman–Crippen LogP) is 0.696. The molecule has 0 heterocycles. The molecule has 1 N–H and O–H groups in total. The Morgan fingerprint density at radius 2 is 2.14 bits per heavy atom. The summed E-state index contributed by atoms with van der Waals surface area (Å²) in [4.78, 5) is 0. The van der Waals surface area contributed by atoms with E-state index in [-0.39, 0.29) is 0 Å². The van der Waals surface area contributed by atoms with Crippen LogP contribution in [0.3, 0.4) is 0 Å². The van der Waals surface area contributed by atoms with E-state index in [1.165, 1.54) is 6.32 Å². The van der Waals surface area contributed by atoms with Crippen LogP contribution in [-0.4, -0.2) is 20.3 Å². The Hall–Kier alpha value is 0.0249. The van der Waals surface area contributed by atoms with Crippen molar-refractivity contribution in [1.29, 1.82) is 0 Å². The second-order valence-corrected chi connectivity index (χ2v) is 1.50. The molecule has 41 valence electrons. The summed E-state index contributed by atoms with van der Waals surface area (Å²) in [6.45, 7) is 5.34. The molecule has 7 heavy (non-hydrogen) atoms. The van der Waals surface area contributed by atoms with Gasteiger partial charge in [-0.3, -0.25) is 0 Å². The largest absolute Gasteiger partial charge is 0.325 e. The van der Waals surface area contributed by atoms with Gasteiger partial charge in [0.1, 0.15) is 7.28 Å². The molecule has 0 fully saturated rings. The first-order valence-electron chi connectivity index (χ1n) is 2.94. The maximum Gasteiger partial charge on any atom is 0.128 e. The third-order valence-corrected chi connectivity index (χ3v) is 0.827. The Kier molecular flexibility index (Phi) is 6.05. The summed E-state index contributed by atoms with van der Waals surface area (Å²) in [7, 11) is 2.23. The third kappa shape index (κ3) is 6.02. The van der Waals surface area contributed by atoms with E-state index in [9.17, 15) is 0 Å². The van der Waals surface area contributed by atoms with E-state index in [2.05, 4.69) is 26.4 Å². The van der Waals surface area contributed by atoms with E-state index in [1.807, 2.05) is 0 Å². The van der Waals surface area contributed by atoms with Crippen LogP contribution in [0.25, 0.3) is 0 Å². The molecular formula is C5H13BN. The lowest BCUT2D eigenvalue weighted by molar-refractivity contribution is 0.828. The SMILES string of the molecule is CC[B]CNCC. The highest BCUT2D eigenvalue weighted by Gasteiger charge is 1.80. The van der Waals surface area contributed by atoms with E-state index in [0.29, 0.717) is 0 Å². The molecule has 0 aromatic carbocycles. The lowest BCUT2D eigenvalue weighted by Gasteiger charge is -1.93. The predicted molar refractivity (Wildman–Crippen MR) is 34.8 cm³/mol. The summed E-state index contributed by atoms with van der Waals surface area (Å²) < 4.78 is 0. The molecule has 1 nitrogen and oxygen atoms in total. The van der Waals surface area contributed by atoms with Gasteiger partial charge >= 0.3 is 0 Å². The molecule has 0 unspecified atom stereocenters. The summed E-state index contributed by atoms with van der Waals surface area (Å²) in [6.07, 6.45) is 2.24. The zero-order chi connectivity index (χ0) is 5.54. The van der Waals surface area contributed by atoms with E-state index >= 15 is 0 Å². The van der Waals surface area contributed by atoms with Crippen LogP contribution in [0.2, 0.25) is 6.32 Å². The maximum absolute atomic E-state index is 3.19. The zero-order valence-corrected chi connectivity index (χ0v) is 5.20. The van der Waals surface area contributed by atoms with Crippen LogP contribution in [0.15, 0.2) is 0 Å². The molecule has 0 bridgehead atoms. The van der Waals surface area contributed by atoms with Crippen LogP contribution in [-0.2, 0) is 0 Å². The summed E-state index contributed by atoms with van der Waals surface area (Å²) in [6, 6.07) is 0. The molecule has 0 spiro atoms. The molecule has 0 aromatic rings. The molecule has 0 aliphatic heterocycles. The summed E-state index contributed by atoms with van der Waals surface area (Å²) in [5.41, 5.74) is 0. The van der Waals surface area contributed by atoms with Gasteiger partial charge in [0.15, 0.2) is 0 Å². The highest BCUT2D eigenvalue weighted by Crippen LogP contribution is 1.68. The highest BCUT2D eigenvalue weighted by molar-refractivity contribution is 6.35. The summed E-state index contributed by atoms with van der Waals surface area (Å²) >= 11 is 0. The summed E-state index contributed by atoms with van der Waals surface area (Å²) in [5.74, 6) is 0. The molecule has 0 atom stereocenters. The minimum Gasteiger partial charge on any atom is -0.325 e. The van der Waals surface area contributed by atoms with Gasteiger partial charge in [0.05, 0.1) is 0 Å². The molecule has 0 rings (SSSR count). The van der Waals surface area contributed by atoms with Gasteiger partial charge in [-0.1, -0.05) is 20.2 Å². The average molecular weight is 98.0 g/mol. The molecule has 0 saturated heterocycles. The van der Waals surface area contributed by atoms with E-state index in [4.69, 9.17) is 0 Å². The van der Waals surface area contributed by atoms with Gasteiger partial charge in [-0.15, -0.1) is 0 Å². The average Bonchev–Trinajstić information content (AvgIpc) is 1.69. The Morgan fingerprint density at radius 3 is 2.57 bits per heavy atom. The van der Waals surface area contributed by atoms with Crippen molar-refractivity contribution >= 4 is 7.28 Å². The normalized spacial score (nSPS) is 8.86. The van der Waals surface area contributed by atoms with E-state index in [1.54, 1.807) is 0 Å². The molecule has 1 radical (unpaired) electrons. The van der Waals surface area contributed by atoms with Gasteiger partial charge in [-0.25, -0.2) is 0 Å². The first kappa shape index (κ1) is 7.02. The second kappa shape index (κ2) is 6.02. The van der Waals surface area contributed by atoms with Gasteiger partial charge in [0.25, 0.3) is 0 Å². The molecule has 0 aromatic heterocycles. The minimum absolute atomic E-state index is 1.06. The van der Waals surface area contributed by atoms with Crippen molar-refractivity contribution in [2.24, 2.45) is 0 Å². The molecular weight excluding hydrogens is 84.9 g/mol. The van der Waals surface area contributed by atoms with Crippen molar-refractivity contribution in [3.63, 3.8) is 0 Å². The number of rotatable bonds is 4. The first-order valence-corrected chi connectivity index (χ1v) is 2.94. The van der Waals surface area contributed by atoms with E-state index < -0.39 is 0 Å². The Morgan fingerprint density at radius 1 is 1.43 bits per heavy atom. The van der Waals surface area contributed by atoms with Crippen molar-refractivity contribution in [2.75, 3.05) is 13.0 Å². The van der Waals surface area contributed by atoms with Gasteiger partial charge in [-0.05, 0) is 13.0 Å². The van der Waals surface area contributed by atoms with Crippen molar-refractivity contribution in [3.8, 4) is 0 Å². The fourth-order valence-corrected chi connectivity index (χ4v) is 0.391. The molecule has 0 aliphatic carbocycles. The van der Waals surface area contributed by atoms with Crippen molar-refractivity contribution < 1.29 is 0 Å². The van der Waals surface area contributed by atoms with Crippen LogP contribution in [0.5, 0.6) is 0 Å². The topological polar surface area (TPSA) is 12.0 Å². The van der Waals surface area contributed by atoms with Gasteiger partial charge < -0.3 is 5.32 Å². The fraction of sp³-hybridized carbons (Fsp3) is 1.00. The molecule has 0 saturated carbocycles. The number of hydrogen-bond donors (Lipinski definition) is 1. The maximum atomic E-state index is 3.19. The Balaban J connectivity index is 2.45. The lowest BCUT2D eigenvalue weighted by Crippen LogP contribution is -2.18.